The number of nitrogens with zero attached hydrogens (tertiary/aromatic N) is 1. The third-order valence-electron chi connectivity index (χ3n) is 3.31. The van der Waals surface area contributed by atoms with E-state index in [2.05, 4.69) is 46.5 Å². The van der Waals surface area contributed by atoms with Crippen molar-refractivity contribution < 1.29 is 0 Å². The van der Waals surface area contributed by atoms with Crippen molar-refractivity contribution in [1.82, 2.24) is 15.3 Å². The van der Waals surface area contributed by atoms with Crippen LogP contribution in [0.15, 0.2) is 30.5 Å². The van der Waals surface area contributed by atoms with Crippen molar-refractivity contribution in [1.29, 1.82) is 0 Å². The van der Waals surface area contributed by atoms with Crippen LogP contribution in [0.5, 0.6) is 0 Å². The molecular weight excluding hydrogens is 210 g/mol. The maximum absolute atomic E-state index is 4.46. The van der Waals surface area contributed by atoms with Gasteiger partial charge < -0.3 is 10.3 Å². The van der Waals surface area contributed by atoms with Crippen LogP contribution in [-0.2, 0) is 6.42 Å². The highest BCUT2D eigenvalue weighted by Crippen LogP contribution is 2.19. The fourth-order valence-corrected chi connectivity index (χ4v) is 2.19. The van der Waals surface area contributed by atoms with Crippen LogP contribution in [0.3, 0.4) is 0 Å². The maximum atomic E-state index is 4.46. The van der Waals surface area contributed by atoms with E-state index < -0.39 is 0 Å². The highest BCUT2D eigenvalue weighted by atomic mass is 15.0. The molecule has 0 saturated carbocycles. The van der Waals surface area contributed by atoms with Crippen molar-refractivity contribution in [2.24, 2.45) is 5.92 Å². The number of imidazole rings is 1. The van der Waals surface area contributed by atoms with Crippen LogP contribution >= 0.6 is 0 Å². The molecule has 3 nitrogen and oxygen atoms in total. The van der Waals surface area contributed by atoms with E-state index in [1.807, 2.05) is 6.20 Å². The zero-order valence-electron chi connectivity index (χ0n) is 10.0. The molecule has 0 amide bonds. The average Bonchev–Trinajstić information content (AvgIpc) is 2.72. The Morgan fingerprint density at radius 2 is 2.24 bits per heavy atom. The van der Waals surface area contributed by atoms with Crippen LogP contribution < -0.4 is 5.32 Å². The Morgan fingerprint density at radius 1 is 1.35 bits per heavy atom. The van der Waals surface area contributed by atoms with Crippen molar-refractivity contribution in [3.63, 3.8) is 0 Å². The molecule has 3 heteroatoms. The zero-order chi connectivity index (χ0) is 11.7. The highest BCUT2D eigenvalue weighted by Gasteiger charge is 2.18. The summed E-state index contributed by atoms with van der Waals surface area (Å²) in [5.41, 5.74) is 3.62. The minimum Gasteiger partial charge on any atom is -0.342 e. The van der Waals surface area contributed by atoms with Gasteiger partial charge in [0.25, 0.3) is 0 Å². The highest BCUT2D eigenvalue weighted by molar-refractivity contribution is 5.59. The Labute approximate surface area is 101 Å². The second kappa shape index (κ2) is 4.34. The molecule has 88 valence electrons. The number of aromatic amines is 1. The standard InChI is InChI=1S/C14H17N3/c1-10-3-2-4-12(5-10)13-9-16-14(17-13)6-11-7-15-8-11/h2-5,9,11,15H,6-8H2,1H3,(H,16,17). The third kappa shape index (κ3) is 2.24. The Bertz CT molecular complexity index is 512. The molecule has 0 spiro atoms. The van der Waals surface area contributed by atoms with Crippen molar-refractivity contribution in [2.45, 2.75) is 13.3 Å². The molecule has 1 aromatic carbocycles. The summed E-state index contributed by atoms with van der Waals surface area (Å²) in [7, 11) is 0. The molecule has 0 atom stereocenters. The van der Waals surface area contributed by atoms with Crippen molar-refractivity contribution in [3.05, 3.63) is 41.9 Å². The maximum Gasteiger partial charge on any atom is 0.106 e. The van der Waals surface area contributed by atoms with E-state index in [0.717, 1.165) is 36.9 Å². The predicted octanol–water partition coefficient (Wildman–Crippen LogP) is 2.15. The van der Waals surface area contributed by atoms with Gasteiger partial charge in [0, 0.05) is 6.42 Å². The SMILES string of the molecule is Cc1cccc(-c2cnc(CC3CNC3)[nH]2)c1. The quantitative estimate of drug-likeness (QED) is 0.843. The lowest BCUT2D eigenvalue weighted by atomic mass is 9.99. The summed E-state index contributed by atoms with van der Waals surface area (Å²) in [5.74, 6) is 1.86. The number of H-pyrrole nitrogens is 1. The molecule has 0 aliphatic carbocycles. The lowest BCUT2D eigenvalue weighted by Gasteiger charge is -2.25. The minimum absolute atomic E-state index is 0.756. The van der Waals surface area contributed by atoms with Crippen LogP contribution in [0.1, 0.15) is 11.4 Å². The van der Waals surface area contributed by atoms with Gasteiger partial charge >= 0.3 is 0 Å². The number of aromatic nitrogens is 2. The van der Waals surface area contributed by atoms with Gasteiger partial charge in [0.1, 0.15) is 5.82 Å². The van der Waals surface area contributed by atoms with E-state index >= 15 is 0 Å². The first-order valence-electron chi connectivity index (χ1n) is 6.13. The van der Waals surface area contributed by atoms with Crippen LogP contribution in [0.25, 0.3) is 11.3 Å². The number of hydrogen-bond donors (Lipinski definition) is 2. The fraction of sp³-hybridized carbons (Fsp3) is 0.357. The van der Waals surface area contributed by atoms with E-state index in [0.29, 0.717) is 0 Å². The molecule has 1 fully saturated rings. The lowest BCUT2D eigenvalue weighted by molar-refractivity contribution is 0.342. The summed E-state index contributed by atoms with van der Waals surface area (Å²) >= 11 is 0. The monoisotopic (exact) mass is 227 g/mol. The van der Waals surface area contributed by atoms with Crippen molar-refractivity contribution in [2.75, 3.05) is 13.1 Å². The molecule has 1 aliphatic heterocycles. The second-order valence-corrected chi connectivity index (χ2v) is 4.84. The number of nitrogens with one attached hydrogen (secondary N) is 2. The first-order valence-corrected chi connectivity index (χ1v) is 6.13. The summed E-state index contributed by atoms with van der Waals surface area (Å²) in [4.78, 5) is 7.88. The van der Waals surface area contributed by atoms with Gasteiger partial charge in [-0.05, 0) is 37.6 Å². The van der Waals surface area contributed by atoms with Gasteiger partial charge in [-0.1, -0.05) is 23.8 Å². The Hall–Kier alpha value is -1.61. The van der Waals surface area contributed by atoms with Gasteiger partial charge in [-0.15, -0.1) is 0 Å². The van der Waals surface area contributed by atoms with E-state index in [4.69, 9.17) is 0 Å². The largest absolute Gasteiger partial charge is 0.342 e. The minimum atomic E-state index is 0.756. The molecule has 0 bridgehead atoms. The Morgan fingerprint density at radius 3 is 2.94 bits per heavy atom. The molecule has 1 saturated heterocycles. The molecule has 1 aliphatic rings. The van der Waals surface area contributed by atoms with E-state index in [1.165, 1.54) is 11.1 Å². The van der Waals surface area contributed by atoms with Gasteiger partial charge in [-0.2, -0.15) is 0 Å². The molecule has 2 N–H and O–H groups in total. The first kappa shape index (κ1) is 10.5. The van der Waals surface area contributed by atoms with Crippen molar-refractivity contribution in [3.8, 4) is 11.3 Å². The first-order chi connectivity index (χ1) is 8.31. The molecule has 2 heterocycles. The van der Waals surface area contributed by atoms with Crippen LogP contribution in [0.2, 0.25) is 0 Å². The molecule has 0 unspecified atom stereocenters. The number of hydrogen-bond acceptors (Lipinski definition) is 2. The Balaban J connectivity index is 1.79. The van der Waals surface area contributed by atoms with Gasteiger partial charge in [0.05, 0.1) is 11.9 Å². The summed E-state index contributed by atoms with van der Waals surface area (Å²) in [5, 5.41) is 3.29. The average molecular weight is 227 g/mol. The predicted molar refractivity (Wildman–Crippen MR) is 68.8 cm³/mol. The van der Waals surface area contributed by atoms with Gasteiger partial charge in [-0.25, -0.2) is 4.98 Å². The number of benzene rings is 1. The molecule has 0 radical (unpaired) electrons. The van der Waals surface area contributed by atoms with Crippen LogP contribution in [0.4, 0.5) is 0 Å². The van der Waals surface area contributed by atoms with Gasteiger partial charge in [0.2, 0.25) is 0 Å². The third-order valence-corrected chi connectivity index (χ3v) is 3.31. The molecular formula is C14H17N3. The molecule has 17 heavy (non-hydrogen) atoms. The second-order valence-electron chi connectivity index (χ2n) is 4.84. The summed E-state index contributed by atoms with van der Waals surface area (Å²) in [6.45, 7) is 4.36. The van der Waals surface area contributed by atoms with E-state index in [-0.39, 0.29) is 0 Å². The summed E-state index contributed by atoms with van der Waals surface area (Å²) in [6, 6.07) is 8.50. The molecule has 2 aromatic rings. The number of aryl methyl sites for hydroxylation is 1. The molecule has 3 rings (SSSR count). The summed E-state index contributed by atoms with van der Waals surface area (Å²) in [6.07, 6.45) is 3.00. The van der Waals surface area contributed by atoms with E-state index in [1.54, 1.807) is 0 Å². The number of rotatable bonds is 3. The normalized spacial score (nSPS) is 15.8. The zero-order valence-corrected chi connectivity index (χ0v) is 10.0. The topological polar surface area (TPSA) is 40.7 Å². The summed E-state index contributed by atoms with van der Waals surface area (Å²) < 4.78 is 0. The van der Waals surface area contributed by atoms with Crippen LogP contribution in [0, 0.1) is 12.8 Å². The lowest BCUT2D eigenvalue weighted by Crippen LogP contribution is -2.43. The molecule has 1 aromatic heterocycles. The van der Waals surface area contributed by atoms with Gasteiger partial charge in [-0.3, -0.25) is 0 Å². The van der Waals surface area contributed by atoms with Crippen molar-refractivity contribution >= 4 is 0 Å². The smallest absolute Gasteiger partial charge is 0.106 e. The van der Waals surface area contributed by atoms with Gasteiger partial charge in [0.15, 0.2) is 0 Å². The van der Waals surface area contributed by atoms with E-state index in [9.17, 15) is 0 Å². The fourth-order valence-electron chi connectivity index (χ4n) is 2.19. The van der Waals surface area contributed by atoms with Crippen LogP contribution in [-0.4, -0.2) is 23.1 Å². The Kier molecular flexibility index (Phi) is 2.69.